The minimum atomic E-state index is 0.584. The van der Waals surface area contributed by atoms with Gasteiger partial charge < -0.3 is 5.32 Å². The second kappa shape index (κ2) is 3.74. The van der Waals surface area contributed by atoms with E-state index < -0.39 is 0 Å². The summed E-state index contributed by atoms with van der Waals surface area (Å²) in [5, 5.41) is 3.46. The van der Waals surface area contributed by atoms with Crippen molar-refractivity contribution in [3.05, 3.63) is 0 Å². The minimum absolute atomic E-state index is 0.584. The van der Waals surface area contributed by atoms with Crippen LogP contribution < -0.4 is 5.32 Å². The fourth-order valence-electron chi connectivity index (χ4n) is 3.25. The van der Waals surface area contributed by atoms with Crippen LogP contribution in [0.5, 0.6) is 0 Å². The lowest BCUT2D eigenvalue weighted by molar-refractivity contribution is 0.0702. The fraction of sp³-hybridized carbons (Fsp3) is 1.00. The van der Waals surface area contributed by atoms with Crippen molar-refractivity contribution in [3.63, 3.8) is 0 Å². The Hall–Kier alpha value is -0.0800. The molecule has 0 radical (unpaired) electrons. The van der Waals surface area contributed by atoms with Crippen molar-refractivity contribution in [2.75, 3.05) is 13.6 Å². The first-order valence-corrected chi connectivity index (χ1v) is 6.40. The summed E-state index contributed by atoms with van der Waals surface area (Å²) in [4.78, 5) is 2.75. The molecule has 1 N–H and O–H groups in total. The van der Waals surface area contributed by atoms with Gasteiger partial charge in [-0.25, -0.2) is 0 Å². The summed E-state index contributed by atoms with van der Waals surface area (Å²) in [6.07, 6.45) is 2.71. The molecule has 0 spiro atoms. The molecule has 1 aliphatic heterocycles. The molecule has 0 amide bonds. The summed E-state index contributed by atoms with van der Waals surface area (Å²) in [6.45, 7) is 10.9. The molecule has 1 heterocycles. The van der Waals surface area contributed by atoms with Crippen LogP contribution in [0, 0.1) is 11.3 Å². The van der Waals surface area contributed by atoms with Crippen molar-refractivity contribution < 1.29 is 0 Å². The molecule has 0 aromatic carbocycles. The van der Waals surface area contributed by atoms with E-state index in [2.05, 4.69) is 45.0 Å². The van der Waals surface area contributed by atoms with Crippen molar-refractivity contribution >= 4 is 0 Å². The maximum Gasteiger partial charge on any atom is 0.0156 e. The highest BCUT2D eigenvalue weighted by Crippen LogP contribution is 2.50. The van der Waals surface area contributed by atoms with E-state index in [1.54, 1.807) is 0 Å². The third-order valence-electron chi connectivity index (χ3n) is 4.85. The summed E-state index contributed by atoms with van der Waals surface area (Å²) in [6, 6.07) is 2.31. The quantitative estimate of drug-likeness (QED) is 0.751. The van der Waals surface area contributed by atoms with Crippen molar-refractivity contribution in [2.45, 2.75) is 58.7 Å². The average Bonchev–Trinajstić information content (AvgIpc) is 2.80. The Labute approximate surface area is 94.4 Å². The predicted octanol–water partition coefficient (Wildman–Crippen LogP) is 2.10. The normalized spacial score (nSPS) is 45.4. The van der Waals surface area contributed by atoms with E-state index in [9.17, 15) is 0 Å². The van der Waals surface area contributed by atoms with E-state index in [1.807, 2.05) is 0 Å². The third-order valence-corrected chi connectivity index (χ3v) is 4.85. The SMILES string of the molecule is CNC1CCN(C2CC2(C)C)C(C)C1C. The van der Waals surface area contributed by atoms with Gasteiger partial charge in [-0.15, -0.1) is 0 Å². The van der Waals surface area contributed by atoms with Crippen molar-refractivity contribution in [3.8, 4) is 0 Å². The number of nitrogens with one attached hydrogen (secondary N) is 1. The molecule has 0 aromatic rings. The largest absolute Gasteiger partial charge is 0.317 e. The Morgan fingerprint density at radius 3 is 2.33 bits per heavy atom. The molecule has 2 rings (SSSR count). The van der Waals surface area contributed by atoms with E-state index in [4.69, 9.17) is 0 Å². The zero-order chi connectivity index (χ0) is 11.2. The fourth-order valence-corrected chi connectivity index (χ4v) is 3.25. The Bertz CT molecular complexity index is 237. The Morgan fingerprint density at radius 1 is 1.27 bits per heavy atom. The van der Waals surface area contributed by atoms with Gasteiger partial charge in [-0.05, 0) is 38.1 Å². The first-order chi connectivity index (χ1) is 6.97. The second-order valence-corrected chi connectivity index (χ2v) is 6.23. The second-order valence-electron chi connectivity index (χ2n) is 6.23. The van der Waals surface area contributed by atoms with Gasteiger partial charge in [0.15, 0.2) is 0 Å². The molecule has 1 saturated heterocycles. The van der Waals surface area contributed by atoms with Crippen molar-refractivity contribution in [2.24, 2.45) is 11.3 Å². The van der Waals surface area contributed by atoms with Gasteiger partial charge in [-0.2, -0.15) is 0 Å². The molecule has 0 bridgehead atoms. The molecule has 2 nitrogen and oxygen atoms in total. The number of piperidine rings is 1. The maximum absolute atomic E-state index is 3.46. The van der Waals surface area contributed by atoms with Gasteiger partial charge in [0.05, 0.1) is 0 Å². The predicted molar refractivity (Wildman–Crippen MR) is 65.0 cm³/mol. The number of nitrogens with zero attached hydrogens (tertiary/aromatic N) is 1. The van der Waals surface area contributed by atoms with Crippen LogP contribution in [0.25, 0.3) is 0 Å². The number of hydrogen-bond donors (Lipinski definition) is 1. The average molecular weight is 210 g/mol. The van der Waals surface area contributed by atoms with Gasteiger partial charge in [0, 0.05) is 24.7 Å². The molecule has 88 valence electrons. The summed E-state index contributed by atoms with van der Waals surface area (Å²) in [7, 11) is 2.10. The monoisotopic (exact) mass is 210 g/mol. The van der Waals surface area contributed by atoms with Crippen LogP contribution in [0.4, 0.5) is 0 Å². The molecule has 2 fully saturated rings. The zero-order valence-corrected chi connectivity index (χ0v) is 10.9. The molecular weight excluding hydrogens is 184 g/mol. The molecule has 2 aliphatic rings. The summed E-state index contributed by atoms with van der Waals surface area (Å²) < 4.78 is 0. The summed E-state index contributed by atoms with van der Waals surface area (Å²) >= 11 is 0. The first kappa shape index (κ1) is 11.4. The highest BCUT2D eigenvalue weighted by atomic mass is 15.2. The van der Waals surface area contributed by atoms with Crippen LogP contribution in [-0.2, 0) is 0 Å². The Kier molecular flexibility index (Phi) is 2.85. The van der Waals surface area contributed by atoms with E-state index >= 15 is 0 Å². The van der Waals surface area contributed by atoms with E-state index in [-0.39, 0.29) is 0 Å². The highest BCUT2D eigenvalue weighted by Gasteiger charge is 2.52. The van der Waals surface area contributed by atoms with Gasteiger partial charge >= 0.3 is 0 Å². The molecule has 1 saturated carbocycles. The summed E-state index contributed by atoms with van der Waals surface area (Å²) in [5.41, 5.74) is 0.584. The molecule has 1 aliphatic carbocycles. The van der Waals surface area contributed by atoms with Crippen LogP contribution in [0.2, 0.25) is 0 Å². The van der Waals surface area contributed by atoms with Gasteiger partial charge in [0.25, 0.3) is 0 Å². The summed E-state index contributed by atoms with van der Waals surface area (Å²) in [5.74, 6) is 0.778. The molecule has 15 heavy (non-hydrogen) atoms. The number of hydrogen-bond acceptors (Lipinski definition) is 2. The van der Waals surface area contributed by atoms with E-state index in [0.717, 1.165) is 24.0 Å². The van der Waals surface area contributed by atoms with Gasteiger partial charge in [-0.1, -0.05) is 20.8 Å². The van der Waals surface area contributed by atoms with Crippen molar-refractivity contribution in [1.29, 1.82) is 0 Å². The Morgan fingerprint density at radius 2 is 1.87 bits per heavy atom. The van der Waals surface area contributed by atoms with Gasteiger partial charge in [0.2, 0.25) is 0 Å². The molecule has 2 heteroatoms. The highest BCUT2D eigenvalue weighted by molar-refractivity contribution is 5.06. The third kappa shape index (κ3) is 1.94. The van der Waals surface area contributed by atoms with Crippen LogP contribution >= 0.6 is 0 Å². The smallest absolute Gasteiger partial charge is 0.0156 e. The Balaban J connectivity index is 1.99. The van der Waals surface area contributed by atoms with Gasteiger partial charge in [0.1, 0.15) is 0 Å². The van der Waals surface area contributed by atoms with E-state index in [1.165, 1.54) is 19.4 Å². The maximum atomic E-state index is 3.46. The van der Waals surface area contributed by atoms with Gasteiger partial charge in [-0.3, -0.25) is 4.90 Å². The van der Waals surface area contributed by atoms with E-state index in [0.29, 0.717) is 5.41 Å². The van der Waals surface area contributed by atoms with Crippen LogP contribution in [0.15, 0.2) is 0 Å². The lowest BCUT2D eigenvalue weighted by Gasteiger charge is -2.43. The van der Waals surface area contributed by atoms with Crippen LogP contribution in [-0.4, -0.2) is 36.6 Å². The lowest BCUT2D eigenvalue weighted by Crippen LogP contribution is -2.53. The van der Waals surface area contributed by atoms with Crippen LogP contribution in [0.1, 0.15) is 40.5 Å². The first-order valence-electron chi connectivity index (χ1n) is 6.40. The van der Waals surface area contributed by atoms with Crippen LogP contribution in [0.3, 0.4) is 0 Å². The van der Waals surface area contributed by atoms with Crippen molar-refractivity contribution in [1.82, 2.24) is 10.2 Å². The minimum Gasteiger partial charge on any atom is -0.317 e. The number of rotatable bonds is 2. The molecule has 4 atom stereocenters. The standard InChI is InChI=1S/C13H26N2/c1-9-10(2)15(7-6-11(9)14-5)12-8-13(12,3)4/h9-12,14H,6-8H2,1-5H3. The molecule has 0 aromatic heterocycles. The molecular formula is C13H26N2. The number of likely N-dealkylation sites (tertiary alicyclic amines) is 1. The lowest BCUT2D eigenvalue weighted by atomic mass is 9.86. The molecule has 4 unspecified atom stereocenters. The topological polar surface area (TPSA) is 15.3 Å². The zero-order valence-electron chi connectivity index (χ0n) is 10.9.